The smallest absolute Gasteiger partial charge is 0.264 e. The molecule has 1 aromatic heterocycles. The molecule has 0 bridgehead atoms. The maximum absolute atomic E-state index is 12.6. The highest BCUT2D eigenvalue weighted by molar-refractivity contribution is 9.10. The van der Waals surface area contributed by atoms with Crippen LogP contribution in [0.1, 0.15) is 5.56 Å². The van der Waals surface area contributed by atoms with E-state index in [1.807, 2.05) is 18.2 Å². The Morgan fingerprint density at radius 1 is 1.08 bits per heavy atom. The average molecular weight is 496 g/mol. The number of aromatic nitrogens is 2. The van der Waals surface area contributed by atoms with Crippen molar-refractivity contribution in [3.63, 3.8) is 0 Å². The number of nitrogens with zero attached hydrogens (tertiary/aromatic N) is 2. The molecule has 0 aliphatic rings. The van der Waals surface area contributed by atoms with Crippen LogP contribution in [0.15, 0.2) is 58.0 Å². The normalized spacial score (nSPS) is 11.5. The van der Waals surface area contributed by atoms with E-state index in [2.05, 4.69) is 25.8 Å². The maximum Gasteiger partial charge on any atom is 0.264 e. The SMILES string of the molecule is O=S(=O)(Nc1nn(Cc2ccccc2Cl)cc1Br)c1cc(Cl)ccc1Cl. The lowest BCUT2D eigenvalue weighted by Gasteiger charge is -2.08. The zero-order valence-corrected chi connectivity index (χ0v) is 17.6. The number of anilines is 1. The summed E-state index contributed by atoms with van der Waals surface area (Å²) in [6.45, 7) is 0.387. The van der Waals surface area contributed by atoms with Crippen LogP contribution in [0.25, 0.3) is 0 Å². The molecule has 3 aromatic rings. The molecule has 0 amide bonds. The van der Waals surface area contributed by atoms with Gasteiger partial charge in [0, 0.05) is 16.2 Å². The van der Waals surface area contributed by atoms with E-state index in [4.69, 9.17) is 34.8 Å². The van der Waals surface area contributed by atoms with Gasteiger partial charge in [-0.05, 0) is 45.8 Å². The molecule has 0 saturated carbocycles. The minimum atomic E-state index is -3.95. The first-order valence-electron chi connectivity index (χ1n) is 7.20. The predicted molar refractivity (Wildman–Crippen MR) is 108 cm³/mol. The van der Waals surface area contributed by atoms with Crippen LogP contribution in [-0.4, -0.2) is 18.2 Å². The second-order valence-corrected chi connectivity index (χ2v) is 9.05. The summed E-state index contributed by atoms with van der Waals surface area (Å²) in [5, 5.41) is 5.18. The Morgan fingerprint density at radius 2 is 1.81 bits per heavy atom. The second kappa shape index (κ2) is 7.78. The van der Waals surface area contributed by atoms with Gasteiger partial charge in [-0.3, -0.25) is 9.40 Å². The molecule has 0 fully saturated rings. The zero-order chi connectivity index (χ0) is 18.9. The van der Waals surface area contributed by atoms with E-state index < -0.39 is 10.0 Å². The molecule has 0 spiro atoms. The van der Waals surface area contributed by atoms with Crippen molar-refractivity contribution in [2.24, 2.45) is 0 Å². The summed E-state index contributed by atoms with van der Waals surface area (Å²) in [7, 11) is -3.95. The van der Waals surface area contributed by atoms with Gasteiger partial charge in [0.1, 0.15) is 4.90 Å². The Bertz CT molecular complexity index is 1070. The van der Waals surface area contributed by atoms with Gasteiger partial charge in [-0.1, -0.05) is 53.0 Å². The molecule has 26 heavy (non-hydrogen) atoms. The first kappa shape index (κ1) is 19.5. The van der Waals surface area contributed by atoms with Crippen LogP contribution in [0.4, 0.5) is 5.82 Å². The van der Waals surface area contributed by atoms with Crippen molar-refractivity contribution in [3.05, 3.63) is 73.8 Å². The van der Waals surface area contributed by atoms with Gasteiger partial charge in [-0.15, -0.1) is 0 Å². The van der Waals surface area contributed by atoms with Gasteiger partial charge in [0.05, 0.1) is 16.0 Å². The standard InChI is InChI=1S/C16H11BrCl3N3O2S/c17-12-9-23(8-10-3-1-2-4-13(10)19)21-16(12)22-26(24,25)15-7-11(18)5-6-14(15)20/h1-7,9H,8H2,(H,21,22). The van der Waals surface area contributed by atoms with E-state index in [0.29, 0.717) is 16.0 Å². The van der Waals surface area contributed by atoms with Gasteiger partial charge >= 0.3 is 0 Å². The van der Waals surface area contributed by atoms with E-state index in [0.717, 1.165) is 5.56 Å². The predicted octanol–water partition coefficient (Wildman–Crippen LogP) is 5.45. The molecule has 0 saturated heterocycles. The van der Waals surface area contributed by atoms with E-state index >= 15 is 0 Å². The summed E-state index contributed by atoms with van der Waals surface area (Å²) in [6.07, 6.45) is 1.65. The number of benzene rings is 2. The molecule has 10 heteroatoms. The first-order valence-corrected chi connectivity index (χ1v) is 10.6. The van der Waals surface area contributed by atoms with Crippen LogP contribution in [0.5, 0.6) is 0 Å². The molecule has 0 unspecified atom stereocenters. The third kappa shape index (κ3) is 4.35. The fourth-order valence-corrected chi connectivity index (χ4v) is 4.74. The fourth-order valence-electron chi connectivity index (χ4n) is 2.21. The van der Waals surface area contributed by atoms with Crippen molar-refractivity contribution in [3.8, 4) is 0 Å². The van der Waals surface area contributed by atoms with Gasteiger partial charge in [0.2, 0.25) is 0 Å². The van der Waals surface area contributed by atoms with Gasteiger partial charge < -0.3 is 0 Å². The summed E-state index contributed by atoms with van der Waals surface area (Å²) in [6, 6.07) is 11.6. The van der Waals surface area contributed by atoms with E-state index in [1.165, 1.54) is 18.2 Å². The van der Waals surface area contributed by atoms with Gasteiger partial charge in [0.25, 0.3) is 10.0 Å². The van der Waals surface area contributed by atoms with Crippen LogP contribution in [-0.2, 0) is 16.6 Å². The molecular weight excluding hydrogens is 485 g/mol. The molecule has 1 N–H and O–H groups in total. The summed E-state index contributed by atoms with van der Waals surface area (Å²) in [4.78, 5) is -0.126. The molecule has 2 aromatic carbocycles. The minimum Gasteiger partial charge on any atom is -0.265 e. The summed E-state index contributed by atoms with van der Waals surface area (Å²) < 4.78 is 29.7. The van der Waals surface area contributed by atoms with Gasteiger partial charge in [-0.25, -0.2) is 8.42 Å². The largest absolute Gasteiger partial charge is 0.265 e. The van der Waals surface area contributed by atoms with Crippen molar-refractivity contribution in [2.45, 2.75) is 11.4 Å². The molecule has 0 radical (unpaired) electrons. The number of hydrogen-bond acceptors (Lipinski definition) is 3. The maximum atomic E-state index is 12.6. The topological polar surface area (TPSA) is 64.0 Å². The number of halogens is 4. The Hall–Kier alpha value is -1.25. The van der Waals surface area contributed by atoms with Crippen molar-refractivity contribution in [1.29, 1.82) is 0 Å². The summed E-state index contributed by atoms with van der Waals surface area (Å²) in [5.41, 5.74) is 0.858. The highest BCUT2D eigenvalue weighted by atomic mass is 79.9. The molecule has 1 heterocycles. The monoisotopic (exact) mass is 493 g/mol. The average Bonchev–Trinajstić information content (AvgIpc) is 2.90. The van der Waals surface area contributed by atoms with Crippen molar-refractivity contribution in [1.82, 2.24) is 9.78 Å². The third-order valence-corrected chi connectivity index (χ3v) is 6.43. The third-order valence-electron chi connectivity index (χ3n) is 3.42. The van der Waals surface area contributed by atoms with Crippen LogP contribution < -0.4 is 4.72 Å². The van der Waals surface area contributed by atoms with Crippen LogP contribution >= 0.6 is 50.7 Å². The quantitative estimate of drug-likeness (QED) is 0.512. The van der Waals surface area contributed by atoms with E-state index in [9.17, 15) is 8.42 Å². The highest BCUT2D eigenvalue weighted by Gasteiger charge is 2.21. The van der Waals surface area contributed by atoms with Crippen LogP contribution in [0.2, 0.25) is 15.1 Å². The molecule has 0 aliphatic carbocycles. The lowest BCUT2D eigenvalue weighted by molar-refractivity contribution is 0.600. The van der Waals surface area contributed by atoms with Gasteiger partial charge in [0.15, 0.2) is 5.82 Å². The highest BCUT2D eigenvalue weighted by Crippen LogP contribution is 2.29. The van der Waals surface area contributed by atoms with Crippen LogP contribution in [0.3, 0.4) is 0 Å². The van der Waals surface area contributed by atoms with Crippen LogP contribution in [0, 0.1) is 0 Å². The Morgan fingerprint density at radius 3 is 2.54 bits per heavy atom. The molecule has 136 valence electrons. The number of hydrogen-bond donors (Lipinski definition) is 1. The lowest BCUT2D eigenvalue weighted by atomic mass is 10.2. The first-order chi connectivity index (χ1) is 12.3. The van der Waals surface area contributed by atoms with Crippen molar-refractivity contribution < 1.29 is 8.42 Å². The lowest BCUT2D eigenvalue weighted by Crippen LogP contribution is -2.14. The molecule has 3 rings (SSSR count). The Kier molecular flexibility index (Phi) is 5.84. The fraction of sp³-hybridized carbons (Fsp3) is 0.0625. The Labute approximate surface area is 174 Å². The molecular formula is C16H11BrCl3N3O2S. The molecule has 0 aliphatic heterocycles. The zero-order valence-electron chi connectivity index (χ0n) is 13.0. The van der Waals surface area contributed by atoms with E-state index in [1.54, 1.807) is 16.9 Å². The minimum absolute atomic E-state index is 0.0634. The van der Waals surface area contributed by atoms with Gasteiger partial charge in [-0.2, -0.15) is 5.10 Å². The number of sulfonamides is 1. The summed E-state index contributed by atoms with van der Waals surface area (Å²) in [5.74, 6) is 0.132. The number of rotatable bonds is 5. The van der Waals surface area contributed by atoms with E-state index in [-0.39, 0.29) is 20.8 Å². The Balaban J connectivity index is 1.88. The second-order valence-electron chi connectivity index (χ2n) is 5.29. The van der Waals surface area contributed by atoms with Crippen molar-refractivity contribution >= 4 is 66.6 Å². The number of nitrogens with one attached hydrogen (secondary N) is 1. The summed E-state index contributed by atoms with van der Waals surface area (Å²) >= 11 is 21.3. The molecule has 5 nitrogen and oxygen atoms in total. The molecule has 0 atom stereocenters. The van der Waals surface area contributed by atoms with Crippen molar-refractivity contribution in [2.75, 3.05) is 4.72 Å².